The van der Waals surface area contributed by atoms with Crippen molar-refractivity contribution in [1.82, 2.24) is 5.32 Å². The fourth-order valence-corrected chi connectivity index (χ4v) is 2.38. The predicted octanol–water partition coefficient (Wildman–Crippen LogP) is 4.23. The van der Waals surface area contributed by atoms with Crippen LogP contribution in [0.15, 0.2) is 0 Å². The van der Waals surface area contributed by atoms with E-state index in [1.807, 2.05) is 0 Å². The van der Waals surface area contributed by atoms with Crippen molar-refractivity contribution in [3.8, 4) is 0 Å². The van der Waals surface area contributed by atoms with Crippen LogP contribution in [-0.4, -0.2) is 12.6 Å². The van der Waals surface area contributed by atoms with E-state index < -0.39 is 0 Å². The van der Waals surface area contributed by atoms with Gasteiger partial charge in [-0.1, -0.05) is 53.9 Å². The minimum absolute atomic E-state index is 0.749. The molecular formula is C14H31N. The zero-order valence-corrected chi connectivity index (χ0v) is 11.5. The van der Waals surface area contributed by atoms with Gasteiger partial charge < -0.3 is 5.32 Å². The topological polar surface area (TPSA) is 12.0 Å². The van der Waals surface area contributed by atoms with Crippen molar-refractivity contribution in [2.45, 2.75) is 72.8 Å². The Balaban J connectivity index is 4.16. The first-order valence-corrected chi connectivity index (χ1v) is 6.92. The Labute approximate surface area is 97.0 Å². The summed E-state index contributed by atoms with van der Waals surface area (Å²) in [5, 5.41) is 3.66. The zero-order valence-electron chi connectivity index (χ0n) is 11.5. The third-order valence-corrected chi connectivity index (χ3v) is 3.56. The molecule has 0 rings (SSSR count). The van der Waals surface area contributed by atoms with Crippen molar-refractivity contribution in [2.24, 2.45) is 11.8 Å². The molecule has 3 unspecified atom stereocenters. The van der Waals surface area contributed by atoms with E-state index in [-0.39, 0.29) is 0 Å². The summed E-state index contributed by atoms with van der Waals surface area (Å²) < 4.78 is 0. The molecule has 1 heteroatoms. The minimum Gasteiger partial charge on any atom is -0.314 e. The van der Waals surface area contributed by atoms with Gasteiger partial charge in [0, 0.05) is 6.04 Å². The Kier molecular flexibility index (Phi) is 9.18. The lowest BCUT2D eigenvalue weighted by molar-refractivity contribution is 0.273. The van der Waals surface area contributed by atoms with Crippen LogP contribution in [0.3, 0.4) is 0 Å². The molecule has 0 radical (unpaired) electrons. The molecule has 92 valence electrons. The van der Waals surface area contributed by atoms with Crippen LogP contribution in [0.4, 0.5) is 0 Å². The molecule has 0 aromatic rings. The fraction of sp³-hybridized carbons (Fsp3) is 1.00. The Hall–Kier alpha value is -0.0400. The molecule has 0 aliphatic heterocycles. The molecule has 0 aromatic carbocycles. The molecule has 0 spiro atoms. The normalized spacial score (nSPS) is 17.4. The first kappa shape index (κ1) is 15.0. The monoisotopic (exact) mass is 213 g/mol. The highest BCUT2D eigenvalue weighted by atomic mass is 14.9. The molecule has 0 aromatic heterocycles. The largest absolute Gasteiger partial charge is 0.314 e. The number of rotatable bonds is 9. The van der Waals surface area contributed by atoms with E-state index in [1.54, 1.807) is 0 Å². The van der Waals surface area contributed by atoms with Crippen LogP contribution in [-0.2, 0) is 0 Å². The van der Waals surface area contributed by atoms with Crippen LogP contribution >= 0.6 is 0 Å². The van der Waals surface area contributed by atoms with Crippen molar-refractivity contribution in [3.05, 3.63) is 0 Å². The molecule has 0 amide bonds. The molecule has 0 bridgehead atoms. The second-order valence-corrected chi connectivity index (χ2v) is 4.87. The van der Waals surface area contributed by atoms with Crippen LogP contribution in [0, 0.1) is 11.8 Å². The van der Waals surface area contributed by atoms with Crippen molar-refractivity contribution in [3.63, 3.8) is 0 Å². The van der Waals surface area contributed by atoms with Crippen molar-refractivity contribution in [2.75, 3.05) is 6.54 Å². The van der Waals surface area contributed by atoms with Crippen molar-refractivity contribution < 1.29 is 0 Å². The number of hydrogen-bond donors (Lipinski definition) is 1. The molecule has 0 aliphatic rings. The Bertz CT molecular complexity index is 127. The van der Waals surface area contributed by atoms with Gasteiger partial charge in [0.25, 0.3) is 0 Å². The van der Waals surface area contributed by atoms with Crippen LogP contribution in [0.2, 0.25) is 0 Å². The van der Waals surface area contributed by atoms with E-state index in [0.717, 1.165) is 24.4 Å². The highest BCUT2D eigenvalue weighted by molar-refractivity contribution is 4.76. The van der Waals surface area contributed by atoms with E-state index >= 15 is 0 Å². The summed E-state index contributed by atoms with van der Waals surface area (Å²) in [7, 11) is 0. The van der Waals surface area contributed by atoms with Gasteiger partial charge in [0.2, 0.25) is 0 Å². The lowest BCUT2D eigenvalue weighted by Gasteiger charge is -2.28. The van der Waals surface area contributed by atoms with Gasteiger partial charge in [-0.3, -0.25) is 0 Å². The van der Waals surface area contributed by atoms with Gasteiger partial charge in [0.1, 0.15) is 0 Å². The summed E-state index contributed by atoms with van der Waals surface area (Å²) in [6.45, 7) is 12.7. The molecular weight excluding hydrogens is 182 g/mol. The maximum absolute atomic E-state index is 3.66. The molecule has 0 aliphatic carbocycles. The summed E-state index contributed by atoms with van der Waals surface area (Å²) in [6.07, 6.45) is 6.67. The second kappa shape index (κ2) is 9.21. The van der Waals surface area contributed by atoms with Crippen LogP contribution in [0.25, 0.3) is 0 Å². The Morgan fingerprint density at radius 3 is 2.07 bits per heavy atom. The smallest absolute Gasteiger partial charge is 0.00951 e. The van der Waals surface area contributed by atoms with Gasteiger partial charge >= 0.3 is 0 Å². The van der Waals surface area contributed by atoms with Crippen molar-refractivity contribution >= 4 is 0 Å². The van der Waals surface area contributed by atoms with E-state index in [9.17, 15) is 0 Å². The van der Waals surface area contributed by atoms with E-state index in [2.05, 4.69) is 39.9 Å². The van der Waals surface area contributed by atoms with Gasteiger partial charge in [0.15, 0.2) is 0 Å². The van der Waals surface area contributed by atoms with Crippen LogP contribution < -0.4 is 5.32 Å². The van der Waals surface area contributed by atoms with Crippen molar-refractivity contribution in [1.29, 1.82) is 0 Å². The third-order valence-electron chi connectivity index (χ3n) is 3.56. The summed E-state index contributed by atoms with van der Waals surface area (Å²) in [6, 6.07) is 0.749. The highest BCUT2D eigenvalue weighted by Gasteiger charge is 2.19. The van der Waals surface area contributed by atoms with Gasteiger partial charge in [-0.15, -0.1) is 0 Å². The maximum Gasteiger partial charge on any atom is 0.00951 e. The molecule has 1 nitrogen and oxygen atoms in total. The minimum atomic E-state index is 0.749. The van der Waals surface area contributed by atoms with Gasteiger partial charge in [-0.05, 0) is 31.2 Å². The average Bonchev–Trinajstić information content (AvgIpc) is 2.25. The molecule has 0 saturated carbocycles. The third kappa shape index (κ3) is 6.19. The summed E-state index contributed by atoms with van der Waals surface area (Å²) in [4.78, 5) is 0. The van der Waals surface area contributed by atoms with Gasteiger partial charge in [-0.2, -0.15) is 0 Å². The summed E-state index contributed by atoms with van der Waals surface area (Å²) in [5.74, 6) is 1.76. The lowest BCUT2D eigenvalue weighted by atomic mass is 9.84. The summed E-state index contributed by atoms with van der Waals surface area (Å²) in [5.41, 5.74) is 0. The molecule has 3 atom stereocenters. The lowest BCUT2D eigenvalue weighted by Crippen LogP contribution is -2.36. The molecule has 0 fully saturated rings. The average molecular weight is 213 g/mol. The van der Waals surface area contributed by atoms with Crippen LogP contribution in [0.5, 0.6) is 0 Å². The van der Waals surface area contributed by atoms with Crippen LogP contribution in [0.1, 0.15) is 66.7 Å². The quantitative estimate of drug-likeness (QED) is 0.604. The highest BCUT2D eigenvalue weighted by Crippen LogP contribution is 2.23. The Morgan fingerprint density at radius 1 is 1.00 bits per heavy atom. The predicted molar refractivity (Wildman–Crippen MR) is 70.2 cm³/mol. The Morgan fingerprint density at radius 2 is 1.67 bits per heavy atom. The first-order chi connectivity index (χ1) is 7.19. The standard InChI is InChI=1S/C14H31N/c1-6-10-14(15-9-4)13(8-3)11-12(5)7-2/h12-15H,6-11H2,1-5H3. The van der Waals surface area contributed by atoms with Gasteiger partial charge in [0.05, 0.1) is 0 Å². The van der Waals surface area contributed by atoms with E-state index in [0.29, 0.717) is 0 Å². The summed E-state index contributed by atoms with van der Waals surface area (Å²) >= 11 is 0. The number of nitrogens with one attached hydrogen (secondary N) is 1. The second-order valence-electron chi connectivity index (χ2n) is 4.87. The zero-order chi connectivity index (χ0) is 11.7. The molecule has 0 saturated heterocycles. The SMILES string of the molecule is CCCC(NCC)C(CC)CC(C)CC. The number of hydrogen-bond acceptors (Lipinski definition) is 1. The van der Waals surface area contributed by atoms with E-state index in [1.165, 1.54) is 32.1 Å². The first-order valence-electron chi connectivity index (χ1n) is 6.92. The molecule has 1 N–H and O–H groups in total. The molecule has 0 heterocycles. The maximum atomic E-state index is 3.66. The fourth-order valence-electron chi connectivity index (χ4n) is 2.38. The van der Waals surface area contributed by atoms with E-state index in [4.69, 9.17) is 0 Å². The van der Waals surface area contributed by atoms with Gasteiger partial charge in [-0.25, -0.2) is 0 Å². The molecule has 15 heavy (non-hydrogen) atoms.